The number of amidine groups is 1. The van der Waals surface area contributed by atoms with E-state index in [2.05, 4.69) is 10.1 Å². The van der Waals surface area contributed by atoms with Gasteiger partial charge >= 0.3 is 0 Å². The molecular weight excluding hydrogens is 273 g/mol. The molecule has 0 aliphatic rings. The van der Waals surface area contributed by atoms with Gasteiger partial charge < -0.3 is 15.7 Å². The van der Waals surface area contributed by atoms with Gasteiger partial charge in [0.15, 0.2) is 5.84 Å². The van der Waals surface area contributed by atoms with Crippen molar-refractivity contribution in [2.24, 2.45) is 10.9 Å². The molecule has 2 aromatic rings. The first-order valence-electron chi connectivity index (χ1n) is 5.17. The lowest BCUT2D eigenvalue weighted by Gasteiger charge is -2.06. The Hall–Kier alpha value is -2.34. The second-order valence-electron chi connectivity index (χ2n) is 3.55. The fourth-order valence-electron chi connectivity index (χ4n) is 1.34. The molecule has 0 radical (unpaired) electrons. The summed E-state index contributed by atoms with van der Waals surface area (Å²) >= 11 is 5.64. The van der Waals surface area contributed by atoms with E-state index in [0.717, 1.165) is 0 Å². The number of ether oxygens (including phenoxy) is 1. The van der Waals surface area contributed by atoms with Crippen LogP contribution in [0.15, 0.2) is 41.7 Å². The predicted molar refractivity (Wildman–Crippen MR) is 68.2 cm³/mol. The van der Waals surface area contributed by atoms with Crippen LogP contribution in [0.25, 0.3) is 0 Å². The fourth-order valence-corrected chi connectivity index (χ4v) is 1.51. The van der Waals surface area contributed by atoms with E-state index in [4.69, 9.17) is 27.3 Å². The standard InChI is InChI=1S/C12H9ClFN3O2/c13-9-6-8(1-2-10(9)14)19-11-5-7(3-4-16-11)12(15)17-18/h1-6,18H,(H2,15,17). The zero-order valence-electron chi connectivity index (χ0n) is 9.55. The molecule has 2 rings (SSSR count). The summed E-state index contributed by atoms with van der Waals surface area (Å²) in [5.41, 5.74) is 5.89. The van der Waals surface area contributed by atoms with Crippen LogP contribution in [0.5, 0.6) is 11.6 Å². The molecule has 0 spiro atoms. The number of nitrogens with zero attached hydrogens (tertiary/aromatic N) is 2. The van der Waals surface area contributed by atoms with Gasteiger partial charge in [0.25, 0.3) is 0 Å². The summed E-state index contributed by atoms with van der Waals surface area (Å²) in [6, 6.07) is 6.96. The highest BCUT2D eigenvalue weighted by atomic mass is 35.5. The van der Waals surface area contributed by atoms with Crippen molar-refractivity contribution in [3.8, 4) is 11.6 Å². The zero-order chi connectivity index (χ0) is 13.8. The molecule has 5 nitrogen and oxygen atoms in total. The Kier molecular flexibility index (Phi) is 3.82. The van der Waals surface area contributed by atoms with Crippen molar-refractivity contribution >= 4 is 17.4 Å². The summed E-state index contributed by atoms with van der Waals surface area (Å²) < 4.78 is 18.4. The van der Waals surface area contributed by atoms with E-state index in [9.17, 15) is 4.39 Å². The van der Waals surface area contributed by atoms with Crippen LogP contribution >= 0.6 is 11.6 Å². The lowest BCUT2D eigenvalue weighted by molar-refractivity contribution is 0.318. The van der Waals surface area contributed by atoms with Crippen LogP contribution in [0.4, 0.5) is 4.39 Å². The third kappa shape index (κ3) is 3.11. The van der Waals surface area contributed by atoms with Gasteiger partial charge in [-0.1, -0.05) is 16.8 Å². The summed E-state index contributed by atoms with van der Waals surface area (Å²) in [7, 11) is 0. The van der Waals surface area contributed by atoms with Crippen molar-refractivity contribution in [2.75, 3.05) is 0 Å². The SMILES string of the molecule is N/C(=N/O)c1ccnc(Oc2ccc(F)c(Cl)c2)c1. The molecule has 1 aromatic carbocycles. The maximum absolute atomic E-state index is 13.0. The molecule has 1 heterocycles. The van der Waals surface area contributed by atoms with Crippen LogP contribution < -0.4 is 10.5 Å². The highest BCUT2D eigenvalue weighted by Crippen LogP contribution is 2.25. The molecule has 19 heavy (non-hydrogen) atoms. The predicted octanol–water partition coefficient (Wildman–Crippen LogP) is 2.76. The van der Waals surface area contributed by atoms with Crippen molar-refractivity contribution < 1.29 is 14.3 Å². The Morgan fingerprint density at radius 1 is 1.37 bits per heavy atom. The molecule has 0 aliphatic heterocycles. The van der Waals surface area contributed by atoms with Crippen LogP contribution in [-0.4, -0.2) is 16.0 Å². The monoisotopic (exact) mass is 281 g/mol. The summed E-state index contributed by atoms with van der Waals surface area (Å²) in [4.78, 5) is 3.95. The average Bonchev–Trinajstić information content (AvgIpc) is 2.42. The minimum absolute atomic E-state index is 0.0508. The molecule has 0 saturated carbocycles. The molecule has 0 amide bonds. The van der Waals surface area contributed by atoms with Gasteiger partial charge in [0.05, 0.1) is 5.02 Å². The number of rotatable bonds is 3. The van der Waals surface area contributed by atoms with E-state index < -0.39 is 5.82 Å². The van der Waals surface area contributed by atoms with E-state index in [0.29, 0.717) is 11.3 Å². The van der Waals surface area contributed by atoms with E-state index >= 15 is 0 Å². The van der Waals surface area contributed by atoms with Crippen molar-refractivity contribution in [3.05, 3.63) is 52.9 Å². The minimum Gasteiger partial charge on any atom is -0.439 e. The molecule has 0 bridgehead atoms. The summed E-state index contributed by atoms with van der Waals surface area (Å²) in [6.45, 7) is 0. The molecular formula is C12H9ClFN3O2. The molecule has 0 saturated heterocycles. The first-order chi connectivity index (χ1) is 9.10. The second-order valence-corrected chi connectivity index (χ2v) is 3.95. The van der Waals surface area contributed by atoms with Crippen LogP contribution in [0.1, 0.15) is 5.56 Å². The molecule has 1 aromatic heterocycles. The second kappa shape index (κ2) is 5.53. The topological polar surface area (TPSA) is 80.7 Å². The molecule has 98 valence electrons. The Bertz CT molecular complexity index is 634. The van der Waals surface area contributed by atoms with Gasteiger partial charge in [0.1, 0.15) is 11.6 Å². The fraction of sp³-hybridized carbons (Fsp3) is 0. The largest absolute Gasteiger partial charge is 0.439 e. The van der Waals surface area contributed by atoms with Gasteiger partial charge in [-0.25, -0.2) is 9.37 Å². The summed E-state index contributed by atoms with van der Waals surface area (Å²) in [5.74, 6) is -0.0564. The van der Waals surface area contributed by atoms with Gasteiger partial charge in [-0.15, -0.1) is 0 Å². The van der Waals surface area contributed by atoms with Crippen molar-refractivity contribution in [1.29, 1.82) is 0 Å². The van der Waals surface area contributed by atoms with Crippen LogP contribution in [-0.2, 0) is 0 Å². The Balaban J connectivity index is 2.26. The number of nitrogens with two attached hydrogens (primary N) is 1. The third-order valence-corrected chi connectivity index (χ3v) is 2.54. The van der Waals surface area contributed by atoms with Crippen molar-refractivity contribution in [1.82, 2.24) is 4.98 Å². The van der Waals surface area contributed by atoms with Crippen LogP contribution in [0.2, 0.25) is 5.02 Å². The lowest BCUT2D eigenvalue weighted by atomic mass is 10.2. The number of halogens is 2. The highest BCUT2D eigenvalue weighted by Gasteiger charge is 2.06. The maximum Gasteiger partial charge on any atom is 0.219 e. The molecule has 0 unspecified atom stereocenters. The Morgan fingerprint density at radius 3 is 2.84 bits per heavy atom. The quantitative estimate of drug-likeness (QED) is 0.392. The zero-order valence-corrected chi connectivity index (χ0v) is 10.3. The summed E-state index contributed by atoms with van der Waals surface area (Å²) in [5, 5.41) is 11.4. The van der Waals surface area contributed by atoms with Crippen molar-refractivity contribution in [2.45, 2.75) is 0 Å². The first-order valence-corrected chi connectivity index (χ1v) is 5.55. The normalized spacial score (nSPS) is 11.4. The smallest absolute Gasteiger partial charge is 0.219 e. The molecule has 0 fully saturated rings. The van der Waals surface area contributed by atoms with Gasteiger partial charge in [0, 0.05) is 23.9 Å². The molecule has 7 heteroatoms. The van der Waals surface area contributed by atoms with E-state index in [1.807, 2.05) is 0 Å². The number of oxime groups is 1. The van der Waals surface area contributed by atoms with Gasteiger partial charge in [0.2, 0.25) is 5.88 Å². The average molecular weight is 282 g/mol. The van der Waals surface area contributed by atoms with E-state index in [1.54, 1.807) is 6.07 Å². The molecule has 3 N–H and O–H groups in total. The van der Waals surface area contributed by atoms with Crippen LogP contribution in [0, 0.1) is 5.82 Å². The lowest BCUT2D eigenvalue weighted by Crippen LogP contribution is -2.13. The first kappa shape index (κ1) is 13.1. The number of aromatic nitrogens is 1. The van der Waals surface area contributed by atoms with E-state index in [-0.39, 0.29) is 16.7 Å². The van der Waals surface area contributed by atoms with Gasteiger partial charge in [-0.2, -0.15) is 0 Å². The Morgan fingerprint density at radius 2 is 2.16 bits per heavy atom. The van der Waals surface area contributed by atoms with Gasteiger partial charge in [-0.05, 0) is 18.2 Å². The number of hydrogen-bond acceptors (Lipinski definition) is 4. The summed E-state index contributed by atoms with van der Waals surface area (Å²) in [6.07, 6.45) is 1.44. The number of benzene rings is 1. The van der Waals surface area contributed by atoms with Crippen molar-refractivity contribution in [3.63, 3.8) is 0 Å². The van der Waals surface area contributed by atoms with Crippen LogP contribution in [0.3, 0.4) is 0 Å². The maximum atomic E-state index is 13.0. The van der Waals surface area contributed by atoms with Gasteiger partial charge in [-0.3, -0.25) is 0 Å². The highest BCUT2D eigenvalue weighted by molar-refractivity contribution is 6.30. The number of pyridine rings is 1. The minimum atomic E-state index is -0.535. The number of hydrogen-bond donors (Lipinski definition) is 2. The Labute approximate surface area is 113 Å². The third-order valence-electron chi connectivity index (χ3n) is 2.25. The molecule has 0 atom stereocenters. The molecule has 0 aliphatic carbocycles. The van der Waals surface area contributed by atoms with E-state index in [1.165, 1.54) is 30.5 Å².